The summed E-state index contributed by atoms with van der Waals surface area (Å²) in [4.78, 5) is 23.0. The standard InChI is InChI=1S/C19H18O3/c1-2-22-19(21)14-17(20)13-12-16-10-6-7-11-18(16)15-8-4-3-5-9-15/h3-13H,2,14H2,1H3. The van der Waals surface area contributed by atoms with E-state index in [0.29, 0.717) is 0 Å². The summed E-state index contributed by atoms with van der Waals surface area (Å²) >= 11 is 0. The number of allylic oxidation sites excluding steroid dienone is 1. The van der Waals surface area contributed by atoms with Crippen LogP contribution < -0.4 is 0 Å². The molecule has 3 nitrogen and oxygen atoms in total. The zero-order valence-electron chi connectivity index (χ0n) is 12.5. The van der Waals surface area contributed by atoms with Crippen LogP contribution in [0.25, 0.3) is 17.2 Å². The molecule has 0 atom stereocenters. The first-order valence-corrected chi connectivity index (χ1v) is 7.21. The largest absolute Gasteiger partial charge is 0.466 e. The fourth-order valence-electron chi connectivity index (χ4n) is 2.12. The molecular weight excluding hydrogens is 276 g/mol. The summed E-state index contributed by atoms with van der Waals surface area (Å²) in [7, 11) is 0. The molecule has 0 saturated heterocycles. The third kappa shape index (κ3) is 4.42. The first-order valence-electron chi connectivity index (χ1n) is 7.21. The van der Waals surface area contributed by atoms with Crippen LogP contribution in [0.1, 0.15) is 18.9 Å². The average Bonchev–Trinajstić information content (AvgIpc) is 2.54. The minimum Gasteiger partial charge on any atom is -0.466 e. The molecule has 0 aromatic heterocycles. The molecule has 0 spiro atoms. The van der Waals surface area contributed by atoms with Crippen molar-refractivity contribution in [1.29, 1.82) is 0 Å². The van der Waals surface area contributed by atoms with Crippen molar-refractivity contribution < 1.29 is 14.3 Å². The van der Waals surface area contributed by atoms with Crippen LogP contribution in [-0.4, -0.2) is 18.4 Å². The summed E-state index contributed by atoms with van der Waals surface area (Å²) < 4.78 is 4.76. The van der Waals surface area contributed by atoms with Gasteiger partial charge in [-0.15, -0.1) is 0 Å². The van der Waals surface area contributed by atoms with Crippen molar-refractivity contribution in [2.75, 3.05) is 6.61 Å². The number of benzene rings is 2. The Kier molecular flexibility index (Phi) is 5.66. The second-order valence-electron chi connectivity index (χ2n) is 4.73. The van der Waals surface area contributed by atoms with Crippen molar-refractivity contribution in [3.63, 3.8) is 0 Å². The molecule has 0 saturated carbocycles. The maximum Gasteiger partial charge on any atom is 0.313 e. The maximum atomic E-state index is 11.8. The highest BCUT2D eigenvalue weighted by Crippen LogP contribution is 2.24. The lowest BCUT2D eigenvalue weighted by Gasteiger charge is -2.05. The van der Waals surface area contributed by atoms with Gasteiger partial charge < -0.3 is 4.74 Å². The van der Waals surface area contributed by atoms with E-state index in [0.717, 1.165) is 16.7 Å². The zero-order valence-corrected chi connectivity index (χ0v) is 12.5. The lowest BCUT2D eigenvalue weighted by molar-refractivity contribution is -0.144. The number of esters is 1. The highest BCUT2D eigenvalue weighted by molar-refractivity contribution is 6.04. The van der Waals surface area contributed by atoms with Gasteiger partial charge in [-0.1, -0.05) is 60.7 Å². The molecule has 0 bridgehead atoms. The highest BCUT2D eigenvalue weighted by Gasteiger charge is 2.07. The molecule has 112 valence electrons. The van der Waals surface area contributed by atoms with E-state index in [4.69, 9.17) is 4.74 Å². The van der Waals surface area contributed by atoms with Gasteiger partial charge in [-0.2, -0.15) is 0 Å². The summed E-state index contributed by atoms with van der Waals surface area (Å²) in [6.07, 6.45) is 2.94. The second-order valence-corrected chi connectivity index (χ2v) is 4.73. The number of ether oxygens (including phenoxy) is 1. The fraction of sp³-hybridized carbons (Fsp3) is 0.158. The van der Waals surface area contributed by atoms with Gasteiger partial charge in [0.15, 0.2) is 5.78 Å². The predicted octanol–water partition coefficient (Wildman–Crippen LogP) is 3.89. The lowest BCUT2D eigenvalue weighted by Crippen LogP contribution is -2.09. The van der Waals surface area contributed by atoms with E-state index in [2.05, 4.69) is 0 Å². The molecule has 0 aliphatic heterocycles. The van der Waals surface area contributed by atoms with Crippen molar-refractivity contribution in [2.45, 2.75) is 13.3 Å². The molecule has 2 rings (SSSR count). The summed E-state index contributed by atoms with van der Waals surface area (Å²) in [5.74, 6) is -0.755. The van der Waals surface area contributed by atoms with Crippen molar-refractivity contribution >= 4 is 17.8 Å². The molecule has 0 unspecified atom stereocenters. The van der Waals surface area contributed by atoms with Gasteiger partial charge >= 0.3 is 5.97 Å². The Hall–Kier alpha value is -2.68. The third-order valence-corrected chi connectivity index (χ3v) is 3.12. The number of ketones is 1. The Morgan fingerprint density at radius 1 is 1.00 bits per heavy atom. The molecule has 0 amide bonds. The molecule has 0 N–H and O–H groups in total. The molecule has 0 aliphatic carbocycles. The molecule has 2 aromatic rings. The van der Waals surface area contributed by atoms with Gasteiger partial charge in [0.05, 0.1) is 6.61 Å². The van der Waals surface area contributed by atoms with Gasteiger partial charge in [0.25, 0.3) is 0 Å². The number of carbonyl (C=O) groups excluding carboxylic acids is 2. The minimum absolute atomic E-state index is 0.224. The van der Waals surface area contributed by atoms with Crippen LogP contribution in [-0.2, 0) is 14.3 Å². The molecular formula is C19H18O3. The van der Waals surface area contributed by atoms with Crippen LogP contribution in [0.15, 0.2) is 60.7 Å². The normalized spacial score (nSPS) is 10.6. The fourth-order valence-corrected chi connectivity index (χ4v) is 2.12. The molecule has 0 aliphatic rings. The first kappa shape index (κ1) is 15.7. The quantitative estimate of drug-likeness (QED) is 0.461. The Balaban J connectivity index is 2.15. The molecule has 0 radical (unpaired) electrons. The maximum absolute atomic E-state index is 11.8. The zero-order chi connectivity index (χ0) is 15.8. The van der Waals surface area contributed by atoms with Gasteiger partial charge in [-0.05, 0) is 29.7 Å². The Morgan fingerprint density at radius 2 is 1.68 bits per heavy atom. The van der Waals surface area contributed by atoms with E-state index < -0.39 is 5.97 Å². The molecule has 2 aromatic carbocycles. The topological polar surface area (TPSA) is 43.4 Å². The lowest BCUT2D eigenvalue weighted by atomic mass is 9.99. The molecule has 3 heteroatoms. The average molecular weight is 294 g/mol. The smallest absolute Gasteiger partial charge is 0.313 e. The van der Waals surface area contributed by atoms with Crippen molar-refractivity contribution in [3.05, 3.63) is 66.2 Å². The van der Waals surface area contributed by atoms with Gasteiger partial charge in [-0.25, -0.2) is 0 Å². The SMILES string of the molecule is CCOC(=O)CC(=O)C=Cc1ccccc1-c1ccccc1. The van der Waals surface area contributed by atoms with Crippen LogP contribution in [0.5, 0.6) is 0 Å². The number of hydrogen-bond donors (Lipinski definition) is 0. The first-order chi connectivity index (χ1) is 10.7. The highest BCUT2D eigenvalue weighted by atomic mass is 16.5. The van der Waals surface area contributed by atoms with E-state index in [1.807, 2.05) is 54.6 Å². The summed E-state index contributed by atoms with van der Waals surface area (Å²) in [6, 6.07) is 17.8. The van der Waals surface area contributed by atoms with E-state index in [-0.39, 0.29) is 18.8 Å². The molecule has 0 heterocycles. The Labute approximate surface area is 130 Å². The van der Waals surface area contributed by atoms with Gasteiger partial charge in [0, 0.05) is 0 Å². The van der Waals surface area contributed by atoms with Gasteiger partial charge in [0.2, 0.25) is 0 Å². The van der Waals surface area contributed by atoms with Crippen molar-refractivity contribution in [2.24, 2.45) is 0 Å². The number of carbonyl (C=O) groups is 2. The molecule has 0 fully saturated rings. The van der Waals surface area contributed by atoms with Gasteiger partial charge in [-0.3, -0.25) is 9.59 Å². The van der Waals surface area contributed by atoms with Crippen molar-refractivity contribution in [1.82, 2.24) is 0 Å². The third-order valence-electron chi connectivity index (χ3n) is 3.12. The summed E-state index contributed by atoms with van der Waals surface area (Å²) in [6.45, 7) is 2.00. The Bertz CT molecular complexity index is 672. The Morgan fingerprint density at radius 3 is 2.41 bits per heavy atom. The van der Waals surface area contributed by atoms with E-state index >= 15 is 0 Å². The monoisotopic (exact) mass is 294 g/mol. The van der Waals surface area contributed by atoms with Crippen LogP contribution >= 0.6 is 0 Å². The van der Waals surface area contributed by atoms with E-state index in [9.17, 15) is 9.59 Å². The van der Waals surface area contributed by atoms with Crippen LogP contribution in [0.4, 0.5) is 0 Å². The summed E-state index contributed by atoms with van der Waals surface area (Å²) in [5.41, 5.74) is 3.06. The van der Waals surface area contributed by atoms with Crippen LogP contribution in [0.3, 0.4) is 0 Å². The number of hydrogen-bond acceptors (Lipinski definition) is 3. The number of rotatable bonds is 6. The molecule has 22 heavy (non-hydrogen) atoms. The van der Waals surface area contributed by atoms with E-state index in [1.54, 1.807) is 13.0 Å². The summed E-state index contributed by atoms with van der Waals surface area (Å²) in [5, 5.41) is 0. The van der Waals surface area contributed by atoms with Crippen LogP contribution in [0, 0.1) is 0 Å². The minimum atomic E-state index is -0.492. The predicted molar refractivity (Wildman–Crippen MR) is 87.2 cm³/mol. The van der Waals surface area contributed by atoms with E-state index in [1.165, 1.54) is 6.08 Å². The van der Waals surface area contributed by atoms with Gasteiger partial charge in [0.1, 0.15) is 6.42 Å². The van der Waals surface area contributed by atoms with Crippen molar-refractivity contribution in [3.8, 4) is 11.1 Å². The second kappa shape index (κ2) is 7.93. The van der Waals surface area contributed by atoms with Crippen LogP contribution in [0.2, 0.25) is 0 Å².